The average molecular weight is 284 g/mol. The van der Waals surface area contributed by atoms with Crippen LogP contribution < -0.4 is 11.9 Å². The summed E-state index contributed by atoms with van der Waals surface area (Å²) in [6.07, 6.45) is -3.37. The van der Waals surface area contributed by atoms with E-state index in [1.54, 1.807) is 4.90 Å². The fourth-order valence-electron chi connectivity index (χ4n) is 1.32. The third kappa shape index (κ3) is 6.58. The Balaban J connectivity index is 0. The number of halogens is 3. The Hall–Kier alpha value is -1.86. The van der Waals surface area contributed by atoms with Crippen LogP contribution >= 0.6 is 0 Å². The van der Waals surface area contributed by atoms with Gasteiger partial charge in [-0.25, -0.2) is 4.79 Å². The topological polar surface area (TPSA) is 142 Å². The second-order valence-corrected chi connectivity index (χ2v) is 3.38. The van der Waals surface area contributed by atoms with Gasteiger partial charge in [-0.05, 0) is 12.8 Å². The van der Waals surface area contributed by atoms with Crippen molar-refractivity contribution in [3.63, 3.8) is 0 Å². The molecule has 1 fully saturated rings. The van der Waals surface area contributed by atoms with E-state index in [1.807, 2.05) is 0 Å². The zero-order valence-electron chi connectivity index (χ0n) is 9.98. The largest absolute Gasteiger partial charge is 0.490 e. The zero-order valence-corrected chi connectivity index (χ0v) is 9.98. The number of aliphatic carboxylic acids is 1. The molecule has 0 bridgehead atoms. The van der Waals surface area contributed by atoms with Crippen molar-refractivity contribution in [3.8, 4) is 6.07 Å². The van der Waals surface area contributed by atoms with E-state index < -0.39 is 12.1 Å². The van der Waals surface area contributed by atoms with Gasteiger partial charge in [-0.3, -0.25) is 4.79 Å². The van der Waals surface area contributed by atoms with Crippen LogP contribution in [0, 0.1) is 11.3 Å². The second-order valence-electron chi connectivity index (χ2n) is 3.38. The van der Waals surface area contributed by atoms with Crippen LogP contribution in [0.15, 0.2) is 0 Å². The zero-order chi connectivity index (χ0) is 14.3. The van der Waals surface area contributed by atoms with E-state index in [0.29, 0.717) is 6.54 Å². The van der Waals surface area contributed by atoms with E-state index >= 15 is 0 Å². The first-order valence-corrected chi connectivity index (χ1v) is 4.93. The SMILES string of the molecule is N.N#C[C@@H]1CCCN1C(=O)CN.O=C(O)C(F)(F)F. The highest BCUT2D eigenvalue weighted by Crippen LogP contribution is 2.15. The van der Waals surface area contributed by atoms with Crippen molar-refractivity contribution >= 4 is 11.9 Å². The number of carbonyl (C=O) groups excluding carboxylic acids is 1. The van der Waals surface area contributed by atoms with E-state index in [9.17, 15) is 18.0 Å². The van der Waals surface area contributed by atoms with Crippen molar-refractivity contribution < 1.29 is 27.9 Å². The first-order valence-electron chi connectivity index (χ1n) is 4.93. The monoisotopic (exact) mass is 284 g/mol. The molecule has 1 rings (SSSR count). The predicted molar refractivity (Wildman–Crippen MR) is 58.1 cm³/mol. The Morgan fingerprint density at radius 2 is 1.95 bits per heavy atom. The normalized spacial score (nSPS) is 17.6. The van der Waals surface area contributed by atoms with Crippen LogP contribution in [0.3, 0.4) is 0 Å². The molecule has 0 aromatic carbocycles. The number of amides is 1. The molecule has 0 aliphatic carbocycles. The highest BCUT2D eigenvalue weighted by atomic mass is 19.4. The number of carbonyl (C=O) groups is 2. The summed E-state index contributed by atoms with van der Waals surface area (Å²) in [4.78, 5) is 21.5. The summed E-state index contributed by atoms with van der Waals surface area (Å²) in [5.41, 5.74) is 5.17. The summed E-state index contributed by atoms with van der Waals surface area (Å²) in [6.45, 7) is 0.701. The van der Waals surface area contributed by atoms with E-state index in [0.717, 1.165) is 12.8 Å². The van der Waals surface area contributed by atoms with E-state index in [4.69, 9.17) is 20.9 Å². The molecular weight excluding hydrogens is 269 g/mol. The van der Waals surface area contributed by atoms with Crippen molar-refractivity contribution in [2.24, 2.45) is 5.73 Å². The molecule has 1 amide bonds. The lowest BCUT2D eigenvalue weighted by Crippen LogP contribution is -2.38. The van der Waals surface area contributed by atoms with Crippen LogP contribution in [0.25, 0.3) is 0 Å². The van der Waals surface area contributed by atoms with Crippen LogP contribution in [-0.2, 0) is 9.59 Å². The van der Waals surface area contributed by atoms with Gasteiger partial charge >= 0.3 is 12.1 Å². The summed E-state index contributed by atoms with van der Waals surface area (Å²) in [5, 5.41) is 15.7. The summed E-state index contributed by atoms with van der Waals surface area (Å²) in [6, 6.07) is 1.85. The van der Waals surface area contributed by atoms with Gasteiger partial charge in [0.25, 0.3) is 0 Å². The molecule has 0 spiro atoms. The van der Waals surface area contributed by atoms with Crippen molar-refractivity contribution in [1.82, 2.24) is 11.1 Å². The van der Waals surface area contributed by atoms with Gasteiger partial charge in [0.15, 0.2) is 0 Å². The Labute approximate surface area is 107 Å². The van der Waals surface area contributed by atoms with Gasteiger partial charge in [0.2, 0.25) is 5.91 Å². The van der Waals surface area contributed by atoms with Gasteiger partial charge in [0.1, 0.15) is 6.04 Å². The van der Waals surface area contributed by atoms with Crippen molar-refractivity contribution in [2.45, 2.75) is 25.1 Å². The molecule has 7 nitrogen and oxygen atoms in total. The molecule has 0 aromatic rings. The minimum absolute atomic E-state index is 0. The Bertz CT molecular complexity index is 354. The number of hydrogen-bond donors (Lipinski definition) is 3. The van der Waals surface area contributed by atoms with Gasteiger partial charge in [-0.15, -0.1) is 0 Å². The number of nitrogens with zero attached hydrogens (tertiary/aromatic N) is 2. The lowest BCUT2D eigenvalue weighted by atomic mass is 10.2. The maximum absolute atomic E-state index is 11.0. The summed E-state index contributed by atoms with van der Waals surface area (Å²) < 4.78 is 31.7. The molecule has 1 heterocycles. The van der Waals surface area contributed by atoms with Gasteiger partial charge in [0.05, 0.1) is 12.6 Å². The predicted octanol–water partition coefficient (Wildman–Crippen LogP) is 0.255. The Morgan fingerprint density at radius 1 is 1.47 bits per heavy atom. The number of nitrogens with two attached hydrogens (primary N) is 1. The molecule has 1 saturated heterocycles. The third-order valence-electron chi connectivity index (χ3n) is 2.14. The molecule has 19 heavy (non-hydrogen) atoms. The van der Waals surface area contributed by atoms with Crippen molar-refractivity contribution in [2.75, 3.05) is 13.1 Å². The van der Waals surface area contributed by atoms with E-state index in [1.165, 1.54) is 0 Å². The molecule has 10 heteroatoms. The lowest BCUT2D eigenvalue weighted by molar-refractivity contribution is -0.192. The van der Waals surface area contributed by atoms with E-state index in [2.05, 4.69) is 6.07 Å². The van der Waals surface area contributed by atoms with Crippen molar-refractivity contribution in [1.29, 1.82) is 5.26 Å². The number of hydrogen-bond acceptors (Lipinski definition) is 5. The van der Waals surface area contributed by atoms with Crippen LogP contribution in [0.1, 0.15) is 12.8 Å². The number of carboxylic acid groups (broad SMARTS) is 1. The first kappa shape index (κ1) is 19.5. The second kappa shape index (κ2) is 8.28. The van der Waals surface area contributed by atoms with Crippen LogP contribution in [-0.4, -0.2) is 47.2 Å². The minimum atomic E-state index is -5.08. The van der Waals surface area contributed by atoms with Gasteiger partial charge in [-0.1, -0.05) is 0 Å². The highest BCUT2D eigenvalue weighted by Gasteiger charge is 2.38. The quantitative estimate of drug-likeness (QED) is 0.630. The molecule has 1 aliphatic heterocycles. The summed E-state index contributed by atoms with van der Waals surface area (Å²) in [7, 11) is 0. The number of likely N-dealkylation sites (tertiary alicyclic amines) is 1. The molecule has 0 radical (unpaired) electrons. The van der Waals surface area contributed by atoms with E-state index in [-0.39, 0.29) is 24.6 Å². The van der Waals surface area contributed by atoms with Gasteiger partial charge in [0, 0.05) is 6.54 Å². The standard InChI is InChI=1S/C7H11N3O.C2HF3O2.H3N/c8-4-6-2-1-3-10(6)7(11)5-9;3-2(4,5)1(6)7;/h6H,1-3,5,9H2;(H,6,7);1H3/t6-;;/m0../s1. The minimum Gasteiger partial charge on any atom is -0.475 e. The maximum Gasteiger partial charge on any atom is 0.490 e. The summed E-state index contributed by atoms with van der Waals surface area (Å²) >= 11 is 0. The fraction of sp³-hybridized carbons (Fsp3) is 0.667. The third-order valence-corrected chi connectivity index (χ3v) is 2.14. The Morgan fingerprint density at radius 3 is 2.26 bits per heavy atom. The molecule has 1 atom stereocenters. The first-order chi connectivity index (χ1) is 8.23. The fourth-order valence-corrected chi connectivity index (χ4v) is 1.32. The molecule has 0 saturated carbocycles. The molecule has 0 unspecified atom stereocenters. The summed E-state index contributed by atoms with van der Waals surface area (Å²) in [5.74, 6) is -2.87. The molecule has 0 aromatic heterocycles. The number of nitriles is 1. The number of carboxylic acids is 1. The van der Waals surface area contributed by atoms with Crippen LogP contribution in [0.2, 0.25) is 0 Å². The molecule has 6 N–H and O–H groups in total. The smallest absolute Gasteiger partial charge is 0.475 e. The number of alkyl halides is 3. The van der Waals surface area contributed by atoms with Gasteiger partial charge in [-0.2, -0.15) is 18.4 Å². The lowest BCUT2D eigenvalue weighted by Gasteiger charge is -2.17. The molecular formula is C9H15F3N4O3. The van der Waals surface area contributed by atoms with Gasteiger partial charge < -0.3 is 21.9 Å². The average Bonchev–Trinajstić information content (AvgIpc) is 2.75. The maximum atomic E-state index is 11.0. The molecule has 1 aliphatic rings. The highest BCUT2D eigenvalue weighted by molar-refractivity contribution is 5.79. The Kier molecular flexibility index (Phi) is 8.49. The van der Waals surface area contributed by atoms with Crippen molar-refractivity contribution in [3.05, 3.63) is 0 Å². The molecule has 110 valence electrons. The van der Waals surface area contributed by atoms with Crippen LogP contribution in [0.5, 0.6) is 0 Å². The van der Waals surface area contributed by atoms with Crippen LogP contribution in [0.4, 0.5) is 13.2 Å². The number of rotatable bonds is 1.